The van der Waals surface area contributed by atoms with Gasteiger partial charge in [0.25, 0.3) is 0 Å². The van der Waals surface area contributed by atoms with Crippen molar-refractivity contribution in [3.8, 4) is 5.75 Å². The average molecular weight is 532 g/mol. The molecular formula is C29H30FN5O2S. The van der Waals surface area contributed by atoms with E-state index in [1.807, 2.05) is 52.3 Å². The molecule has 4 aromatic rings. The van der Waals surface area contributed by atoms with Gasteiger partial charge in [0, 0.05) is 56.4 Å². The van der Waals surface area contributed by atoms with E-state index in [9.17, 15) is 9.18 Å². The molecule has 1 aromatic heterocycles. The Morgan fingerprint density at radius 2 is 1.66 bits per heavy atom. The van der Waals surface area contributed by atoms with Crippen LogP contribution in [0.25, 0.3) is 0 Å². The van der Waals surface area contributed by atoms with Crippen LogP contribution in [0.4, 0.5) is 15.2 Å². The van der Waals surface area contributed by atoms with E-state index < -0.39 is 0 Å². The van der Waals surface area contributed by atoms with Crippen LogP contribution in [0.15, 0.2) is 78.9 Å². The van der Waals surface area contributed by atoms with Gasteiger partial charge in [-0.1, -0.05) is 42.5 Å². The SMILES string of the molecule is COc1ccc(N2CCN(C(=O)CN(Cc3ccccc3)c3nc(Cc4ccc(F)cc4)ns3)CC2)cc1. The molecule has 0 radical (unpaired) electrons. The summed E-state index contributed by atoms with van der Waals surface area (Å²) in [4.78, 5) is 24.4. The first-order chi connectivity index (χ1) is 18.6. The summed E-state index contributed by atoms with van der Waals surface area (Å²) in [5, 5.41) is 0.705. The Morgan fingerprint density at radius 1 is 0.947 bits per heavy atom. The van der Waals surface area contributed by atoms with Gasteiger partial charge in [-0.2, -0.15) is 4.37 Å². The molecule has 3 aromatic carbocycles. The minimum atomic E-state index is -0.266. The van der Waals surface area contributed by atoms with E-state index >= 15 is 0 Å². The Kier molecular flexibility index (Phi) is 8.13. The number of aromatic nitrogens is 2. The first-order valence-electron chi connectivity index (χ1n) is 12.6. The lowest BCUT2D eigenvalue weighted by Gasteiger charge is -2.37. The van der Waals surface area contributed by atoms with E-state index in [0.717, 1.165) is 35.7 Å². The van der Waals surface area contributed by atoms with Crippen molar-refractivity contribution in [3.05, 3.63) is 102 Å². The molecule has 1 aliphatic heterocycles. The zero-order valence-electron chi connectivity index (χ0n) is 21.3. The van der Waals surface area contributed by atoms with Crippen molar-refractivity contribution in [2.24, 2.45) is 0 Å². The van der Waals surface area contributed by atoms with Crippen molar-refractivity contribution in [2.75, 3.05) is 49.6 Å². The minimum absolute atomic E-state index is 0.0746. The summed E-state index contributed by atoms with van der Waals surface area (Å²) < 4.78 is 23.1. The maximum atomic E-state index is 13.4. The Balaban J connectivity index is 1.25. The van der Waals surface area contributed by atoms with Crippen molar-refractivity contribution in [1.82, 2.24) is 14.3 Å². The van der Waals surface area contributed by atoms with Gasteiger partial charge in [-0.3, -0.25) is 4.79 Å². The minimum Gasteiger partial charge on any atom is -0.497 e. The maximum absolute atomic E-state index is 13.4. The van der Waals surface area contributed by atoms with Crippen molar-refractivity contribution in [1.29, 1.82) is 0 Å². The van der Waals surface area contributed by atoms with E-state index in [-0.39, 0.29) is 18.3 Å². The van der Waals surface area contributed by atoms with Gasteiger partial charge in [-0.05, 0) is 47.5 Å². The fourth-order valence-corrected chi connectivity index (χ4v) is 5.18. The molecule has 0 atom stereocenters. The topological polar surface area (TPSA) is 61.8 Å². The van der Waals surface area contributed by atoms with Crippen LogP contribution in [0.2, 0.25) is 0 Å². The molecule has 7 nitrogen and oxygen atoms in total. The fraction of sp³-hybridized carbons (Fsp3) is 0.276. The zero-order valence-corrected chi connectivity index (χ0v) is 22.1. The number of hydrogen-bond acceptors (Lipinski definition) is 7. The molecule has 196 valence electrons. The molecule has 1 saturated heterocycles. The molecule has 0 N–H and O–H groups in total. The second-order valence-corrected chi connectivity index (χ2v) is 9.93. The van der Waals surface area contributed by atoms with Gasteiger partial charge >= 0.3 is 0 Å². The molecule has 0 unspecified atom stereocenters. The molecule has 1 amide bonds. The fourth-order valence-electron chi connectivity index (χ4n) is 4.50. The van der Waals surface area contributed by atoms with Gasteiger partial charge in [0.1, 0.15) is 17.4 Å². The summed E-state index contributed by atoms with van der Waals surface area (Å²) in [5.41, 5.74) is 3.17. The van der Waals surface area contributed by atoms with Crippen LogP contribution in [0.5, 0.6) is 5.75 Å². The van der Waals surface area contributed by atoms with Crippen LogP contribution in [-0.2, 0) is 17.8 Å². The van der Waals surface area contributed by atoms with E-state index in [0.29, 0.717) is 37.0 Å². The van der Waals surface area contributed by atoms with Crippen LogP contribution >= 0.6 is 11.5 Å². The molecule has 1 fully saturated rings. The summed E-state index contributed by atoms with van der Waals surface area (Å²) in [6.07, 6.45) is 0.511. The Morgan fingerprint density at radius 3 is 2.34 bits per heavy atom. The van der Waals surface area contributed by atoms with Crippen molar-refractivity contribution < 1.29 is 13.9 Å². The first-order valence-corrected chi connectivity index (χ1v) is 13.4. The smallest absolute Gasteiger partial charge is 0.242 e. The Labute approximate surface area is 226 Å². The number of benzene rings is 3. The van der Waals surface area contributed by atoms with Gasteiger partial charge < -0.3 is 19.4 Å². The third kappa shape index (κ3) is 6.47. The zero-order chi connectivity index (χ0) is 26.3. The molecular weight excluding hydrogens is 501 g/mol. The second-order valence-electron chi connectivity index (χ2n) is 9.20. The standard InChI is InChI=1S/C29H30FN5O2S/c1-37-26-13-11-25(12-14-26)33-15-17-34(18-16-33)28(36)21-35(20-23-5-3-2-4-6-23)29-31-27(32-38-29)19-22-7-9-24(30)10-8-22/h2-14H,15-21H2,1H3. The molecule has 0 bridgehead atoms. The van der Waals surface area contributed by atoms with Crippen molar-refractivity contribution >= 4 is 28.3 Å². The highest BCUT2D eigenvalue weighted by Gasteiger charge is 2.25. The molecule has 2 heterocycles. The third-order valence-electron chi connectivity index (χ3n) is 6.62. The normalized spacial score (nSPS) is 13.4. The lowest BCUT2D eigenvalue weighted by molar-refractivity contribution is -0.130. The third-order valence-corrected chi connectivity index (χ3v) is 7.43. The van der Waals surface area contributed by atoms with Gasteiger partial charge in [0.05, 0.1) is 13.7 Å². The summed E-state index contributed by atoms with van der Waals surface area (Å²) in [6, 6.07) is 24.5. The number of halogens is 1. The molecule has 5 rings (SSSR count). The van der Waals surface area contributed by atoms with E-state index in [1.165, 1.54) is 23.7 Å². The number of hydrogen-bond donors (Lipinski definition) is 0. The summed E-state index contributed by atoms with van der Waals surface area (Å²) in [7, 11) is 1.66. The van der Waals surface area contributed by atoms with Gasteiger partial charge in [0.15, 0.2) is 0 Å². The lowest BCUT2D eigenvalue weighted by Crippen LogP contribution is -2.51. The van der Waals surface area contributed by atoms with Crippen LogP contribution < -0.4 is 14.5 Å². The quantitative estimate of drug-likeness (QED) is 0.314. The molecule has 1 aliphatic rings. The number of anilines is 2. The molecule has 9 heteroatoms. The number of carbonyl (C=O) groups excluding carboxylic acids is 1. The highest BCUT2D eigenvalue weighted by molar-refractivity contribution is 7.09. The van der Waals surface area contributed by atoms with Gasteiger partial charge in [-0.15, -0.1) is 0 Å². The van der Waals surface area contributed by atoms with E-state index in [1.54, 1.807) is 19.2 Å². The second kappa shape index (κ2) is 12.0. The predicted octanol–water partition coefficient (Wildman–Crippen LogP) is 4.63. The number of carbonyl (C=O) groups is 1. The number of amides is 1. The molecule has 38 heavy (non-hydrogen) atoms. The van der Waals surface area contributed by atoms with Crippen LogP contribution in [0.3, 0.4) is 0 Å². The van der Waals surface area contributed by atoms with Crippen molar-refractivity contribution in [3.63, 3.8) is 0 Å². The maximum Gasteiger partial charge on any atom is 0.242 e. The number of nitrogens with zero attached hydrogens (tertiary/aromatic N) is 5. The van der Waals surface area contributed by atoms with Gasteiger partial charge in [0.2, 0.25) is 11.0 Å². The number of rotatable bonds is 9. The molecule has 0 spiro atoms. The average Bonchev–Trinajstić information content (AvgIpc) is 3.43. The Bertz CT molecular complexity index is 1320. The Hall–Kier alpha value is -3.98. The van der Waals surface area contributed by atoms with E-state index in [2.05, 4.69) is 21.4 Å². The lowest BCUT2D eigenvalue weighted by atomic mass is 10.1. The van der Waals surface area contributed by atoms with Crippen LogP contribution in [0, 0.1) is 5.82 Å². The van der Waals surface area contributed by atoms with Gasteiger partial charge in [-0.25, -0.2) is 9.37 Å². The summed E-state index contributed by atoms with van der Waals surface area (Å²) in [5.74, 6) is 1.30. The predicted molar refractivity (Wildman–Crippen MR) is 148 cm³/mol. The largest absolute Gasteiger partial charge is 0.497 e. The molecule has 0 aliphatic carbocycles. The monoisotopic (exact) mass is 531 g/mol. The first kappa shape index (κ1) is 25.7. The highest BCUT2D eigenvalue weighted by atomic mass is 32.1. The van der Waals surface area contributed by atoms with Crippen molar-refractivity contribution in [2.45, 2.75) is 13.0 Å². The van der Waals surface area contributed by atoms with Crippen LogP contribution in [0.1, 0.15) is 17.0 Å². The van der Waals surface area contributed by atoms with Crippen LogP contribution in [-0.4, -0.2) is 60.0 Å². The number of methoxy groups -OCH3 is 1. The number of ether oxygens (including phenoxy) is 1. The highest BCUT2D eigenvalue weighted by Crippen LogP contribution is 2.23. The number of piperazine rings is 1. The van der Waals surface area contributed by atoms with E-state index in [4.69, 9.17) is 9.72 Å². The molecule has 0 saturated carbocycles. The summed E-state index contributed by atoms with van der Waals surface area (Å²) >= 11 is 1.29. The summed E-state index contributed by atoms with van der Waals surface area (Å²) in [6.45, 7) is 3.66.